The van der Waals surface area contributed by atoms with E-state index in [0.29, 0.717) is 24.2 Å². The highest BCUT2D eigenvalue weighted by atomic mass is 19.1. The lowest BCUT2D eigenvalue weighted by Gasteiger charge is -2.23. The van der Waals surface area contributed by atoms with Crippen molar-refractivity contribution in [3.8, 4) is 0 Å². The van der Waals surface area contributed by atoms with Crippen molar-refractivity contribution in [3.63, 3.8) is 0 Å². The predicted octanol–water partition coefficient (Wildman–Crippen LogP) is 3.95. The van der Waals surface area contributed by atoms with Crippen LogP contribution in [0.2, 0.25) is 0 Å². The molecule has 0 spiro atoms. The Bertz CT molecular complexity index is 959. The third-order valence-electron chi connectivity index (χ3n) is 4.54. The van der Waals surface area contributed by atoms with Crippen LogP contribution in [-0.4, -0.2) is 21.9 Å². The molecule has 5 nitrogen and oxygen atoms in total. The summed E-state index contributed by atoms with van der Waals surface area (Å²) < 4.78 is 19.7. The summed E-state index contributed by atoms with van der Waals surface area (Å²) in [5.74, 6) is -1.01. The van der Waals surface area contributed by atoms with E-state index in [1.807, 2.05) is 0 Å². The average Bonchev–Trinajstić information content (AvgIpc) is 2.98. The number of hydrogen-bond donors (Lipinski definition) is 0. The Balaban J connectivity index is 1.79. The molecule has 0 bridgehead atoms. The van der Waals surface area contributed by atoms with Gasteiger partial charge in [-0.3, -0.25) is 9.36 Å². The van der Waals surface area contributed by atoms with Gasteiger partial charge >= 0.3 is 5.76 Å². The molecular formula is C21H23FN2O3. The second kappa shape index (κ2) is 8.66. The molecule has 0 saturated carbocycles. The molecule has 0 atom stereocenters. The number of rotatable bonds is 8. The van der Waals surface area contributed by atoms with Crippen molar-refractivity contribution in [2.24, 2.45) is 0 Å². The average molecular weight is 370 g/mol. The fraction of sp³-hybridized carbons (Fsp3) is 0.333. The molecule has 2 aromatic carbocycles. The van der Waals surface area contributed by atoms with Crippen LogP contribution in [0.25, 0.3) is 11.1 Å². The van der Waals surface area contributed by atoms with Gasteiger partial charge in [-0.15, -0.1) is 0 Å². The smallest absolute Gasteiger partial charge is 0.408 e. The Labute approximate surface area is 157 Å². The van der Waals surface area contributed by atoms with Gasteiger partial charge in [-0.25, -0.2) is 9.18 Å². The molecule has 27 heavy (non-hydrogen) atoms. The highest BCUT2D eigenvalue weighted by molar-refractivity contribution is 5.79. The van der Waals surface area contributed by atoms with Gasteiger partial charge in [0.1, 0.15) is 12.4 Å². The second-order valence-corrected chi connectivity index (χ2v) is 6.57. The van der Waals surface area contributed by atoms with Gasteiger partial charge in [0, 0.05) is 13.1 Å². The van der Waals surface area contributed by atoms with Crippen molar-refractivity contribution in [1.82, 2.24) is 9.47 Å². The van der Waals surface area contributed by atoms with Crippen molar-refractivity contribution in [2.45, 2.75) is 39.3 Å². The summed E-state index contributed by atoms with van der Waals surface area (Å²) in [5.41, 5.74) is 1.92. The number of carbonyl (C=O) groups excluding carboxylic acids is 1. The minimum absolute atomic E-state index is 0.0802. The van der Waals surface area contributed by atoms with Crippen molar-refractivity contribution in [1.29, 1.82) is 0 Å². The van der Waals surface area contributed by atoms with Gasteiger partial charge in [-0.05, 0) is 36.2 Å². The van der Waals surface area contributed by atoms with E-state index in [1.54, 1.807) is 41.3 Å². The molecule has 3 rings (SSSR count). The SMILES string of the molecule is CCCCCN(Cc1ccc(F)cc1)C(=O)Cn1c(=O)oc2ccccc21. The van der Waals surface area contributed by atoms with Crippen molar-refractivity contribution in [3.05, 3.63) is 70.5 Å². The van der Waals surface area contributed by atoms with E-state index in [1.165, 1.54) is 16.7 Å². The van der Waals surface area contributed by atoms with Crippen LogP contribution in [0.5, 0.6) is 0 Å². The van der Waals surface area contributed by atoms with Crippen LogP contribution in [0, 0.1) is 5.82 Å². The van der Waals surface area contributed by atoms with Gasteiger partial charge in [-0.1, -0.05) is 44.0 Å². The summed E-state index contributed by atoms with van der Waals surface area (Å²) in [7, 11) is 0. The minimum Gasteiger partial charge on any atom is -0.408 e. The first-order valence-electron chi connectivity index (χ1n) is 9.19. The lowest BCUT2D eigenvalue weighted by atomic mass is 10.2. The topological polar surface area (TPSA) is 55.5 Å². The van der Waals surface area contributed by atoms with Gasteiger partial charge in [0.25, 0.3) is 0 Å². The maximum absolute atomic E-state index is 13.1. The number of oxazole rings is 1. The molecule has 0 N–H and O–H groups in total. The number of hydrogen-bond acceptors (Lipinski definition) is 3. The predicted molar refractivity (Wildman–Crippen MR) is 102 cm³/mol. The van der Waals surface area contributed by atoms with E-state index in [-0.39, 0.29) is 18.3 Å². The zero-order valence-corrected chi connectivity index (χ0v) is 15.4. The lowest BCUT2D eigenvalue weighted by Crippen LogP contribution is -2.36. The number of aromatic nitrogens is 1. The Morgan fingerprint density at radius 3 is 2.59 bits per heavy atom. The number of halogens is 1. The van der Waals surface area contributed by atoms with Crippen molar-refractivity contribution in [2.75, 3.05) is 6.54 Å². The molecule has 1 heterocycles. The molecule has 142 valence electrons. The van der Waals surface area contributed by atoms with Crippen LogP contribution < -0.4 is 5.76 Å². The van der Waals surface area contributed by atoms with Gasteiger partial charge in [0.15, 0.2) is 5.58 Å². The monoisotopic (exact) mass is 370 g/mol. The van der Waals surface area contributed by atoms with Crippen molar-refractivity contribution < 1.29 is 13.6 Å². The van der Waals surface area contributed by atoms with Gasteiger partial charge < -0.3 is 9.32 Å². The Morgan fingerprint density at radius 2 is 1.85 bits per heavy atom. The summed E-state index contributed by atoms with van der Waals surface area (Å²) in [6, 6.07) is 13.2. The fourth-order valence-corrected chi connectivity index (χ4v) is 3.05. The van der Waals surface area contributed by atoms with Gasteiger partial charge in [0.2, 0.25) is 5.91 Å². The van der Waals surface area contributed by atoms with Crippen LogP contribution in [0.1, 0.15) is 31.7 Å². The molecule has 0 fully saturated rings. The maximum atomic E-state index is 13.1. The zero-order valence-electron chi connectivity index (χ0n) is 15.4. The molecule has 1 amide bonds. The highest BCUT2D eigenvalue weighted by Crippen LogP contribution is 2.14. The zero-order chi connectivity index (χ0) is 19.2. The highest BCUT2D eigenvalue weighted by Gasteiger charge is 2.18. The first kappa shape index (κ1) is 18.9. The lowest BCUT2D eigenvalue weighted by molar-refractivity contribution is -0.132. The third kappa shape index (κ3) is 4.64. The quantitative estimate of drug-likeness (QED) is 0.564. The van der Waals surface area contributed by atoms with Crippen LogP contribution in [-0.2, 0) is 17.9 Å². The number of nitrogens with zero attached hydrogens (tertiary/aromatic N) is 2. The molecule has 3 aromatic rings. The summed E-state index contributed by atoms with van der Waals surface area (Å²) in [6.45, 7) is 2.99. The van der Waals surface area contributed by atoms with Gasteiger partial charge in [0.05, 0.1) is 5.52 Å². The molecule has 0 radical (unpaired) electrons. The summed E-state index contributed by atoms with van der Waals surface area (Å²) in [6.07, 6.45) is 2.94. The molecular weight excluding hydrogens is 347 g/mol. The number of unbranched alkanes of at least 4 members (excludes halogenated alkanes) is 2. The number of fused-ring (bicyclic) bond motifs is 1. The Kier molecular flexibility index (Phi) is 6.06. The molecule has 0 aliphatic carbocycles. The minimum atomic E-state index is -0.542. The first-order valence-corrected chi connectivity index (χ1v) is 9.19. The maximum Gasteiger partial charge on any atom is 0.420 e. The second-order valence-electron chi connectivity index (χ2n) is 6.57. The van der Waals surface area contributed by atoms with E-state index >= 15 is 0 Å². The van der Waals surface area contributed by atoms with E-state index in [9.17, 15) is 14.0 Å². The number of benzene rings is 2. The molecule has 0 aliphatic rings. The number of amides is 1. The van der Waals surface area contributed by atoms with Crippen LogP contribution in [0.3, 0.4) is 0 Å². The normalized spacial score (nSPS) is 11.0. The molecule has 1 aromatic heterocycles. The molecule has 0 unspecified atom stereocenters. The van der Waals surface area contributed by atoms with Gasteiger partial charge in [-0.2, -0.15) is 0 Å². The number of carbonyl (C=O) groups is 1. The van der Waals surface area contributed by atoms with Crippen LogP contribution in [0.15, 0.2) is 57.7 Å². The Hall–Kier alpha value is -2.89. The fourth-order valence-electron chi connectivity index (χ4n) is 3.05. The summed E-state index contributed by atoms with van der Waals surface area (Å²) in [4.78, 5) is 26.8. The third-order valence-corrected chi connectivity index (χ3v) is 4.54. The molecule has 6 heteroatoms. The Morgan fingerprint density at radius 1 is 1.11 bits per heavy atom. The van der Waals surface area contributed by atoms with E-state index in [4.69, 9.17) is 4.42 Å². The van der Waals surface area contributed by atoms with E-state index in [2.05, 4.69) is 6.92 Å². The van der Waals surface area contributed by atoms with E-state index < -0.39 is 5.76 Å². The molecule has 0 aliphatic heterocycles. The van der Waals surface area contributed by atoms with Crippen molar-refractivity contribution >= 4 is 17.0 Å². The standard InChI is InChI=1S/C21H23FN2O3/c1-2-3-6-13-23(14-16-9-11-17(22)12-10-16)20(25)15-24-18-7-4-5-8-19(18)27-21(24)26/h4-5,7-12H,2-3,6,13-15H2,1H3. The van der Waals surface area contributed by atoms with E-state index in [0.717, 1.165) is 24.8 Å². The summed E-state index contributed by atoms with van der Waals surface area (Å²) >= 11 is 0. The molecule has 0 saturated heterocycles. The van der Waals surface area contributed by atoms with Crippen LogP contribution in [0.4, 0.5) is 4.39 Å². The summed E-state index contributed by atoms with van der Waals surface area (Å²) in [5, 5.41) is 0. The largest absolute Gasteiger partial charge is 0.420 e. The first-order chi connectivity index (χ1) is 13.1. The number of para-hydroxylation sites is 2. The van der Waals surface area contributed by atoms with Crippen LogP contribution >= 0.6 is 0 Å².